The number of methoxy groups -OCH3 is 3. The monoisotopic (exact) mass is 419 g/mol. The Kier molecular flexibility index (Phi) is 7.13. The molecule has 0 aromatic heterocycles. The number of ether oxygens (including phenoxy) is 4. The van der Waals surface area contributed by atoms with E-state index in [1.165, 1.54) is 12.1 Å². The van der Waals surface area contributed by atoms with Gasteiger partial charge in [-0.05, 0) is 65.2 Å². The van der Waals surface area contributed by atoms with Crippen LogP contribution in [0, 0.1) is 17.1 Å². The maximum Gasteiger partial charge on any atom is 0.161 e. The summed E-state index contributed by atoms with van der Waals surface area (Å²) in [6, 6.07) is 19.0. The summed E-state index contributed by atoms with van der Waals surface area (Å²) in [5.74, 6) is 1.92. The molecule has 5 nitrogen and oxygen atoms in total. The first-order valence-corrected chi connectivity index (χ1v) is 9.47. The number of allylic oxidation sites excluding steroid dienone is 1. The lowest BCUT2D eigenvalue weighted by atomic mass is 10.0. The molecule has 0 N–H and O–H groups in total. The van der Waals surface area contributed by atoms with Crippen molar-refractivity contribution >= 4 is 11.6 Å². The Bertz CT molecular complexity index is 1120. The second-order valence-electron chi connectivity index (χ2n) is 6.57. The molecule has 0 unspecified atom stereocenters. The summed E-state index contributed by atoms with van der Waals surface area (Å²) < 4.78 is 34.9. The van der Waals surface area contributed by atoms with Crippen LogP contribution in [0.3, 0.4) is 0 Å². The van der Waals surface area contributed by atoms with Crippen molar-refractivity contribution in [2.45, 2.75) is 6.61 Å². The number of hydrogen-bond donors (Lipinski definition) is 0. The van der Waals surface area contributed by atoms with Crippen molar-refractivity contribution in [3.8, 4) is 29.1 Å². The summed E-state index contributed by atoms with van der Waals surface area (Å²) >= 11 is 0. The topological polar surface area (TPSA) is 60.7 Å². The van der Waals surface area contributed by atoms with E-state index in [0.717, 1.165) is 11.1 Å². The van der Waals surface area contributed by atoms with Crippen LogP contribution in [0.1, 0.15) is 16.7 Å². The number of halogens is 1. The van der Waals surface area contributed by atoms with Crippen LogP contribution in [-0.4, -0.2) is 21.3 Å². The molecule has 0 fully saturated rings. The van der Waals surface area contributed by atoms with E-state index in [2.05, 4.69) is 6.07 Å². The first kappa shape index (κ1) is 21.7. The Morgan fingerprint density at radius 1 is 0.839 bits per heavy atom. The van der Waals surface area contributed by atoms with E-state index in [9.17, 15) is 9.65 Å². The minimum atomic E-state index is -0.291. The quantitative estimate of drug-likeness (QED) is 0.357. The summed E-state index contributed by atoms with van der Waals surface area (Å²) in [6.45, 7) is 0.279. The van der Waals surface area contributed by atoms with E-state index in [0.29, 0.717) is 34.1 Å². The Hall–Kier alpha value is -3.98. The third-order valence-corrected chi connectivity index (χ3v) is 4.62. The molecule has 0 atom stereocenters. The molecule has 0 bridgehead atoms. The molecular formula is C25H22FNO4. The molecule has 0 radical (unpaired) electrons. The fraction of sp³-hybridized carbons (Fsp3) is 0.160. The van der Waals surface area contributed by atoms with Crippen molar-refractivity contribution in [2.24, 2.45) is 0 Å². The van der Waals surface area contributed by atoms with Crippen LogP contribution in [0.4, 0.5) is 4.39 Å². The molecule has 3 rings (SSSR count). The van der Waals surface area contributed by atoms with E-state index < -0.39 is 0 Å². The first-order valence-electron chi connectivity index (χ1n) is 9.47. The van der Waals surface area contributed by atoms with E-state index in [1.54, 1.807) is 69.9 Å². The van der Waals surface area contributed by atoms with Crippen LogP contribution < -0.4 is 18.9 Å². The molecule has 3 aromatic carbocycles. The third kappa shape index (κ3) is 5.34. The lowest BCUT2D eigenvalue weighted by Crippen LogP contribution is -1.98. The molecule has 0 saturated heterocycles. The van der Waals surface area contributed by atoms with Gasteiger partial charge in [0.1, 0.15) is 12.4 Å². The van der Waals surface area contributed by atoms with Crippen LogP contribution in [0.25, 0.3) is 11.6 Å². The Balaban J connectivity index is 1.84. The van der Waals surface area contributed by atoms with Crippen LogP contribution in [0.15, 0.2) is 60.7 Å². The van der Waals surface area contributed by atoms with Gasteiger partial charge in [0, 0.05) is 0 Å². The van der Waals surface area contributed by atoms with Crippen LogP contribution in [0.5, 0.6) is 23.0 Å². The van der Waals surface area contributed by atoms with Gasteiger partial charge in [-0.25, -0.2) is 4.39 Å². The molecule has 0 aliphatic heterocycles. The van der Waals surface area contributed by atoms with Crippen molar-refractivity contribution < 1.29 is 23.3 Å². The average Bonchev–Trinajstić information content (AvgIpc) is 2.82. The second kappa shape index (κ2) is 10.2. The van der Waals surface area contributed by atoms with Gasteiger partial charge in [-0.3, -0.25) is 0 Å². The zero-order valence-electron chi connectivity index (χ0n) is 17.5. The lowest BCUT2D eigenvalue weighted by molar-refractivity contribution is 0.284. The highest BCUT2D eigenvalue weighted by Gasteiger charge is 2.10. The van der Waals surface area contributed by atoms with E-state index >= 15 is 0 Å². The van der Waals surface area contributed by atoms with Crippen LogP contribution >= 0.6 is 0 Å². The number of nitriles is 1. The molecule has 0 saturated carbocycles. The molecular weight excluding hydrogens is 397 g/mol. The molecule has 158 valence electrons. The van der Waals surface area contributed by atoms with Crippen molar-refractivity contribution in [2.75, 3.05) is 21.3 Å². The van der Waals surface area contributed by atoms with Gasteiger partial charge in [0.25, 0.3) is 0 Å². The van der Waals surface area contributed by atoms with Gasteiger partial charge in [0.15, 0.2) is 23.0 Å². The fourth-order valence-corrected chi connectivity index (χ4v) is 2.99. The highest BCUT2D eigenvalue weighted by atomic mass is 19.1. The SMILES string of the molecule is COc1ccc(/C(C#N)=C/c2ccc(OCc3ccc(F)cc3)c(OC)c2)cc1OC. The first-order chi connectivity index (χ1) is 15.1. The van der Waals surface area contributed by atoms with Gasteiger partial charge < -0.3 is 18.9 Å². The lowest BCUT2D eigenvalue weighted by Gasteiger charge is -2.12. The van der Waals surface area contributed by atoms with Gasteiger partial charge >= 0.3 is 0 Å². The minimum absolute atomic E-state index is 0.279. The van der Waals surface area contributed by atoms with Gasteiger partial charge in [-0.15, -0.1) is 0 Å². The predicted octanol–water partition coefficient (Wildman–Crippen LogP) is 5.49. The average molecular weight is 419 g/mol. The van der Waals surface area contributed by atoms with E-state index in [-0.39, 0.29) is 12.4 Å². The van der Waals surface area contributed by atoms with Gasteiger partial charge in [0.05, 0.1) is 33.0 Å². The number of hydrogen-bond acceptors (Lipinski definition) is 5. The number of rotatable bonds is 8. The van der Waals surface area contributed by atoms with E-state index in [4.69, 9.17) is 18.9 Å². The van der Waals surface area contributed by atoms with E-state index in [1.807, 2.05) is 6.07 Å². The Morgan fingerprint density at radius 2 is 1.48 bits per heavy atom. The number of benzene rings is 3. The predicted molar refractivity (Wildman–Crippen MR) is 117 cm³/mol. The summed E-state index contributed by atoms with van der Waals surface area (Å²) in [4.78, 5) is 0. The summed E-state index contributed by atoms with van der Waals surface area (Å²) in [7, 11) is 4.66. The summed E-state index contributed by atoms with van der Waals surface area (Å²) in [5, 5.41) is 9.67. The smallest absolute Gasteiger partial charge is 0.161 e. The second-order valence-corrected chi connectivity index (χ2v) is 6.57. The van der Waals surface area contributed by atoms with Crippen molar-refractivity contribution in [1.82, 2.24) is 0 Å². The molecule has 0 heterocycles. The Morgan fingerprint density at radius 3 is 2.13 bits per heavy atom. The highest BCUT2D eigenvalue weighted by molar-refractivity contribution is 5.90. The minimum Gasteiger partial charge on any atom is -0.493 e. The van der Waals surface area contributed by atoms with Gasteiger partial charge in [0.2, 0.25) is 0 Å². The van der Waals surface area contributed by atoms with Gasteiger partial charge in [-0.1, -0.05) is 18.2 Å². The molecule has 0 amide bonds. The fourth-order valence-electron chi connectivity index (χ4n) is 2.99. The maximum atomic E-state index is 13.0. The molecule has 6 heteroatoms. The molecule has 0 aliphatic rings. The summed E-state index contributed by atoms with van der Waals surface area (Å²) in [5.41, 5.74) is 2.78. The highest BCUT2D eigenvalue weighted by Crippen LogP contribution is 2.33. The van der Waals surface area contributed by atoms with Crippen LogP contribution in [-0.2, 0) is 6.61 Å². The number of nitrogens with zero attached hydrogens (tertiary/aromatic N) is 1. The zero-order chi connectivity index (χ0) is 22.2. The van der Waals surface area contributed by atoms with Gasteiger partial charge in [-0.2, -0.15) is 5.26 Å². The largest absolute Gasteiger partial charge is 0.493 e. The standard InChI is InChI=1S/C25H22FNO4/c1-28-22-11-7-19(14-25(22)30-3)20(15-27)12-18-6-10-23(24(13-18)29-2)31-16-17-4-8-21(26)9-5-17/h4-14H,16H2,1-3H3/b20-12+. The third-order valence-electron chi connectivity index (χ3n) is 4.62. The Labute approximate surface area is 180 Å². The summed E-state index contributed by atoms with van der Waals surface area (Å²) in [6.07, 6.45) is 1.76. The molecule has 0 aliphatic carbocycles. The maximum absolute atomic E-state index is 13.0. The normalized spacial score (nSPS) is 10.9. The van der Waals surface area contributed by atoms with Crippen molar-refractivity contribution in [3.05, 3.63) is 83.2 Å². The molecule has 31 heavy (non-hydrogen) atoms. The molecule has 3 aromatic rings. The van der Waals surface area contributed by atoms with Crippen molar-refractivity contribution in [1.29, 1.82) is 5.26 Å². The van der Waals surface area contributed by atoms with Crippen molar-refractivity contribution in [3.63, 3.8) is 0 Å². The van der Waals surface area contributed by atoms with Crippen LogP contribution in [0.2, 0.25) is 0 Å². The molecule has 0 spiro atoms. The zero-order valence-corrected chi connectivity index (χ0v) is 17.5.